The van der Waals surface area contributed by atoms with E-state index in [1.807, 2.05) is 13.8 Å². The highest BCUT2D eigenvalue weighted by atomic mass is 16.5. The number of carbonyl (C=O) groups excluding carboxylic acids is 1. The number of carbonyl (C=O) groups is 1. The van der Waals surface area contributed by atoms with Crippen molar-refractivity contribution in [2.45, 2.75) is 20.3 Å². The predicted octanol–water partition coefficient (Wildman–Crippen LogP) is 1.17. The third-order valence-corrected chi connectivity index (χ3v) is 2.83. The SMILES string of the molecule is CC(C)(CCO)CNC(=O)COc1ccccc1N. The fourth-order valence-electron chi connectivity index (χ4n) is 1.54. The molecular formula is C14H22N2O3. The normalized spacial score (nSPS) is 11.1. The zero-order valence-electron chi connectivity index (χ0n) is 11.5. The van der Waals surface area contributed by atoms with Gasteiger partial charge in [0.1, 0.15) is 5.75 Å². The van der Waals surface area contributed by atoms with Crippen molar-refractivity contribution in [1.82, 2.24) is 5.32 Å². The van der Waals surface area contributed by atoms with E-state index in [0.29, 0.717) is 24.4 Å². The summed E-state index contributed by atoms with van der Waals surface area (Å²) in [5.74, 6) is 0.307. The van der Waals surface area contributed by atoms with Crippen LogP contribution in [0.15, 0.2) is 24.3 Å². The maximum atomic E-state index is 11.6. The highest BCUT2D eigenvalue weighted by Gasteiger charge is 2.18. The molecule has 0 fully saturated rings. The van der Waals surface area contributed by atoms with Crippen molar-refractivity contribution in [2.24, 2.45) is 5.41 Å². The van der Waals surface area contributed by atoms with Gasteiger partial charge >= 0.3 is 0 Å². The number of aliphatic hydroxyl groups excluding tert-OH is 1. The first kappa shape index (κ1) is 15.3. The highest BCUT2D eigenvalue weighted by Crippen LogP contribution is 2.20. The smallest absolute Gasteiger partial charge is 0.257 e. The molecule has 19 heavy (non-hydrogen) atoms. The van der Waals surface area contributed by atoms with Crippen LogP contribution in [-0.2, 0) is 4.79 Å². The fourth-order valence-corrected chi connectivity index (χ4v) is 1.54. The summed E-state index contributed by atoms with van der Waals surface area (Å²) in [5, 5.41) is 11.7. The summed E-state index contributed by atoms with van der Waals surface area (Å²) in [6.07, 6.45) is 0.639. The molecule has 0 unspecified atom stereocenters. The summed E-state index contributed by atoms with van der Waals surface area (Å²) >= 11 is 0. The summed E-state index contributed by atoms with van der Waals surface area (Å²) in [6.45, 7) is 4.52. The van der Waals surface area contributed by atoms with Crippen molar-refractivity contribution in [1.29, 1.82) is 0 Å². The molecule has 1 amide bonds. The molecule has 5 heteroatoms. The van der Waals surface area contributed by atoms with Gasteiger partial charge in [0.25, 0.3) is 5.91 Å². The van der Waals surface area contributed by atoms with E-state index in [9.17, 15) is 4.79 Å². The number of amides is 1. The number of nitrogens with one attached hydrogen (secondary N) is 1. The Morgan fingerprint density at radius 3 is 2.74 bits per heavy atom. The number of para-hydroxylation sites is 2. The summed E-state index contributed by atoms with van der Waals surface area (Å²) in [5.41, 5.74) is 6.09. The van der Waals surface area contributed by atoms with E-state index in [1.165, 1.54) is 0 Å². The third-order valence-electron chi connectivity index (χ3n) is 2.83. The fraction of sp³-hybridized carbons (Fsp3) is 0.500. The van der Waals surface area contributed by atoms with Gasteiger partial charge in [-0.05, 0) is 24.0 Å². The standard InChI is InChI=1S/C14H22N2O3/c1-14(2,7-8-17)10-16-13(18)9-19-12-6-4-3-5-11(12)15/h3-6,17H,7-10,15H2,1-2H3,(H,16,18). The Balaban J connectivity index is 2.35. The third kappa shape index (κ3) is 5.61. The lowest BCUT2D eigenvalue weighted by atomic mass is 9.90. The molecule has 5 nitrogen and oxygen atoms in total. The maximum Gasteiger partial charge on any atom is 0.257 e. The minimum absolute atomic E-state index is 0.0661. The second-order valence-electron chi connectivity index (χ2n) is 5.24. The number of anilines is 1. The lowest BCUT2D eigenvalue weighted by Gasteiger charge is -2.23. The molecule has 1 aromatic rings. The van der Waals surface area contributed by atoms with Crippen LogP contribution >= 0.6 is 0 Å². The van der Waals surface area contributed by atoms with Gasteiger partial charge in [0, 0.05) is 13.2 Å². The van der Waals surface area contributed by atoms with E-state index in [0.717, 1.165) is 0 Å². The molecule has 0 saturated heterocycles. The Kier molecular flexibility index (Phi) is 5.63. The van der Waals surface area contributed by atoms with Gasteiger partial charge in [0.05, 0.1) is 5.69 Å². The van der Waals surface area contributed by atoms with Crippen LogP contribution in [0.25, 0.3) is 0 Å². The number of nitrogen functional groups attached to an aromatic ring is 1. The van der Waals surface area contributed by atoms with Crippen LogP contribution in [0.3, 0.4) is 0 Å². The Labute approximate surface area is 113 Å². The Morgan fingerprint density at radius 1 is 1.42 bits per heavy atom. The first-order valence-corrected chi connectivity index (χ1v) is 6.29. The van der Waals surface area contributed by atoms with Gasteiger partial charge in [0.15, 0.2) is 6.61 Å². The van der Waals surface area contributed by atoms with Crippen molar-refractivity contribution < 1.29 is 14.6 Å². The highest BCUT2D eigenvalue weighted by molar-refractivity contribution is 5.77. The van der Waals surface area contributed by atoms with Gasteiger partial charge in [-0.2, -0.15) is 0 Å². The zero-order chi connectivity index (χ0) is 14.3. The largest absolute Gasteiger partial charge is 0.482 e. The van der Waals surface area contributed by atoms with Gasteiger partial charge < -0.3 is 20.9 Å². The molecule has 0 radical (unpaired) electrons. The van der Waals surface area contributed by atoms with Crippen LogP contribution < -0.4 is 15.8 Å². The average molecular weight is 266 g/mol. The van der Waals surface area contributed by atoms with Crippen molar-refractivity contribution in [3.8, 4) is 5.75 Å². The van der Waals surface area contributed by atoms with E-state index in [-0.39, 0.29) is 24.5 Å². The minimum Gasteiger partial charge on any atom is -0.482 e. The average Bonchev–Trinajstić information content (AvgIpc) is 2.35. The molecule has 0 saturated carbocycles. The van der Waals surface area contributed by atoms with Gasteiger partial charge in [-0.15, -0.1) is 0 Å². The van der Waals surface area contributed by atoms with E-state index in [4.69, 9.17) is 15.6 Å². The molecule has 0 aromatic heterocycles. The first-order chi connectivity index (χ1) is 8.94. The monoisotopic (exact) mass is 266 g/mol. The number of hydrogen-bond acceptors (Lipinski definition) is 4. The maximum absolute atomic E-state index is 11.6. The summed E-state index contributed by atoms with van der Waals surface area (Å²) in [4.78, 5) is 11.6. The number of benzene rings is 1. The van der Waals surface area contributed by atoms with E-state index >= 15 is 0 Å². The van der Waals surface area contributed by atoms with Crippen LogP contribution in [-0.4, -0.2) is 30.8 Å². The predicted molar refractivity (Wildman–Crippen MR) is 74.8 cm³/mol. The minimum atomic E-state index is -0.200. The molecule has 0 spiro atoms. The van der Waals surface area contributed by atoms with Crippen LogP contribution in [0.1, 0.15) is 20.3 Å². The molecule has 4 N–H and O–H groups in total. The molecule has 0 atom stereocenters. The molecule has 1 aromatic carbocycles. The second-order valence-corrected chi connectivity index (χ2v) is 5.24. The molecule has 0 aliphatic rings. The van der Waals surface area contributed by atoms with Crippen molar-refractivity contribution in [3.63, 3.8) is 0 Å². The van der Waals surface area contributed by atoms with Crippen LogP contribution in [0.4, 0.5) is 5.69 Å². The van der Waals surface area contributed by atoms with Crippen LogP contribution in [0, 0.1) is 5.41 Å². The quantitative estimate of drug-likeness (QED) is 0.647. The number of rotatable bonds is 7. The van der Waals surface area contributed by atoms with Crippen LogP contribution in [0.2, 0.25) is 0 Å². The van der Waals surface area contributed by atoms with Gasteiger partial charge in [-0.3, -0.25) is 4.79 Å². The van der Waals surface area contributed by atoms with Crippen LogP contribution in [0.5, 0.6) is 5.75 Å². The topological polar surface area (TPSA) is 84.6 Å². The van der Waals surface area contributed by atoms with E-state index in [1.54, 1.807) is 24.3 Å². The molecule has 1 rings (SSSR count). The van der Waals surface area contributed by atoms with Crippen molar-refractivity contribution in [3.05, 3.63) is 24.3 Å². The number of ether oxygens (including phenoxy) is 1. The Morgan fingerprint density at radius 2 is 2.11 bits per heavy atom. The van der Waals surface area contributed by atoms with Gasteiger partial charge in [0.2, 0.25) is 0 Å². The number of nitrogens with two attached hydrogens (primary N) is 1. The first-order valence-electron chi connectivity index (χ1n) is 6.29. The molecule has 0 aliphatic carbocycles. The van der Waals surface area contributed by atoms with Gasteiger partial charge in [-0.25, -0.2) is 0 Å². The molecule has 106 valence electrons. The lowest BCUT2D eigenvalue weighted by molar-refractivity contribution is -0.123. The van der Waals surface area contributed by atoms with E-state index in [2.05, 4.69) is 5.32 Å². The number of aliphatic hydroxyl groups is 1. The second kappa shape index (κ2) is 6.99. The summed E-state index contributed by atoms with van der Waals surface area (Å²) in [7, 11) is 0. The van der Waals surface area contributed by atoms with E-state index < -0.39 is 0 Å². The summed E-state index contributed by atoms with van der Waals surface area (Å²) < 4.78 is 5.34. The van der Waals surface area contributed by atoms with Gasteiger partial charge in [-0.1, -0.05) is 26.0 Å². The molecule has 0 bridgehead atoms. The van der Waals surface area contributed by atoms with Crippen molar-refractivity contribution in [2.75, 3.05) is 25.5 Å². The zero-order valence-corrected chi connectivity index (χ0v) is 11.5. The molecule has 0 aliphatic heterocycles. The Hall–Kier alpha value is -1.75. The molecular weight excluding hydrogens is 244 g/mol. The summed E-state index contributed by atoms with van der Waals surface area (Å²) in [6, 6.07) is 7.05. The number of hydrogen-bond donors (Lipinski definition) is 3. The lowest BCUT2D eigenvalue weighted by Crippen LogP contribution is -2.37. The van der Waals surface area contributed by atoms with Crippen molar-refractivity contribution >= 4 is 11.6 Å². The Bertz CT molecular complexity index is 419. The molecule has 0 heterocycles.